The summed E-state index contributed by atoms with van der Waals surface area (Å²) in [5.41, 5.74) is 5.38. The van der Waals surface area contributed by atoms with Gasteiger partial charge >= 0.3 is 0 Å². The summed E-state index contributed by atoms with van der Waals surface area (Å²) in [4.78, 5) is -0.141. The fraction of sp³-hybridized carbons (Fsp3) is 0.417. The van der Waals surface area contributed by atoms with Crippen LogP contribution in [0, 0.1) is 11.6 Å². The van der Waals surface area contributed by atoms with Crippen LogP contribution in [0.4, 0.5) is 14.5 Å². The van der Waals surface area contributed by atoms with Gasteiger partial charge in [0.15, 0.2) is 11.6 Å². The molecule has 2 nitrogen and oxygen atoms in total. The summed E-state index contributed by atoms with van der Waals surface area (Å²) in [6, 6.07) is 2.85. The lowest BCUT2D eigenvalue weighted by atomic mass is 10.1. The molecule has 3 N–H and O–H groups in total. The Hall–Kier alpha value is -0.880. The lowest BCUT2D eigenvalue weighted by Crippen LogP contribution is -2.14. The number of unbranched alkanes of at least 4 members (excludes halogenated alkanes) is 1. The number of benzene rings is 1. The zero-order valence-electron chi connectivity index (χ0n) is 10.1. The molecule has 100 valence electrons. The van der Waals surface area contributed by atoms with Gasteiger partial charge in [0, 0.05) is 12.1 Å². The predicted molar refractivity (Wildman–Crippen MR) is 78.4 cm³/mol. The maximum Gasteiger partial charge on any atom is 0.182 e. The molecule has 0 bridgehead atoms. The normalized spacial score (nSPS) is 10.4. The van der Waals surface area contributed by atoms with Gasteiger partial charge in [-0.05, 0) is 37.0 Å². The van der Waals surface area contributed by atoms with Crippen molar-refractivity contribution in [3.63, 3.8) is 0 Å². The first-order valence-corrected chi connectivity index (χ1v) is 7.38. The maximum atomic E-state index is 13.6. The quantitative estimate of drug-likeness (QED) is 0.597. The van der Waals surface area contributed by atoms with Crippen molar-refractivity contribution >= 4 is 34.7 Å². The van der Waals surface area contributed by atoms with Crippen LogP contribution in [0.15, 0.2) is 12.1 Å². The van der Waals surface area contributed by atoms with Crippen molar-refractivity contribution in [3.8, 4) is 0 Å². The molecule has 0 spiro atoms. The Bertz CT molecular complexity index is 425. The number of hydrogen-bond acceptors (Lipinski definition) is 3. The van der Waals surface area contributed by atoms with Gasteiger partial charge in [-0.2, -0.15) is 11.8 Å². The Morgan fingerprint density at radius 2 is 2.06 bits per heavy atom. The third kappa shape index (κ3) is 4.10. The zero-order chi connectivity index (χ0) is 13.5. The van der Waals surface area contributed by atoms with Gasteiger partial charge in [-0.15, -0.1) is 0 Å². The number of anilines is 1. The van der Waals surface area contributed by atoms with Crippen molar-refractivity contribution < 1.29 is 8.78 Å². The SMILES string of the molecule is CSCCCCNc1ccc(C(N)=S)c(F)c1F. The summed E-state index contributed by atoms with van der Waals surface area (Å²) in [7, 11) is 0. The van der Waals surface area contributed by atoms with Crippen LogP contribution in [0.3, 0.4) is 0 Å². The van der Waals surface area contributed by atoms with Crippen LogP contribution in [0.25, 0.3) is 0 Å². The molecule has 0 unspecified atom stereocenters. The highest BCUT2D eigenvalue weighted by atomic mass is 32.2. The summed E-state index contributed by atoms with van der Waals surface area (Å²) in [5, 5.41) is 2.87. The van der Waals surface area contributed by atoms with Crippen LogP contribution < -0.4 is 11.1 Å². The summed E-state index contributed by atoms with van der Waals surface area (Å²) >= 11 is 6.40. The minimum absolute atomic E-state index is 0.0598. The van der Waals surface area contributed by atoms with Crippen molar-refractivity contribution in [1.82, 2.24) is 0 Å². The second kappa shape index (κ2) is 7.53. The van der Waals surface area contributed by atoms with E-state index in [1.807, 2.05) is 6.26 Å². The maximum absolute atomic E-state index is 13.6. The molecule has 0 aliphatic carbocycles. The molecule has 18 heavy (non-hydrogen) atoms. The molecule has 0 radical (unpaired) electrons. The number of nitrogens with two attached hydrogens (primary N) is 1. The van der Waals surface area contributed by atoms with Crippen molar-refractivity contribution in [3.05, 3.63) is 29.3 Å². The van der Waals surface area contributed by atoms with E-state index in [0.29, 0.717) is 6.54 Å². The zero-order valence-corrected chi connectivity index (χ0v) is 11.8. The molecule has 0 aliphatic heterocycles. The summed E-state index contributed by atoms with van der Waals surface area (Å²) in [6.07, 6.45) is 4.00. The molecule has 0 heterocycles. The van der Waals surface area contributed by atoms with Crippen molar-refractivity contribution in [2.24, 2.45) is 5.73 Å². The lowest BCUT2D eigenvalue weighted by Gasteiger charge is -2.10. The van der Waals surface area contributed by atoms with Crippen LogP contribution in [0.1, 0.15) is 18.4 Å². The molecular weight excluding hydrogens is 274 g/mol. The van der Waals surface area contributed by atoms with E-state index in [1.54, 1.807) is 11.8 Å². The Kier molecular flexibility index (Phi) is 6.35. The minimum Gasteiger partial charge on any atom is -0.389 e. The van der Waals surface area contributed by atoms with Crippen LogP contribution >= 0.6 is 24.0 Å². The first kappa shape index (κ1) is 15.2. The molecule has 1 aromatic rings. The molecule has 0 amide bonds. The first-order valence-electron chi connectivity index (χ1n) is 5.58. The van der Waals surface area contributed by atoms with E-state index in [1.165, 1.54) is 12.1 Å². The predicted octanol–water partition coefficient (Wildman–Crippen LogP) is 3.15. The highest BCUT2D eigenvalue weighted by molar-refractivity contribution is 7.98. The Morgan fingerprint density at radius 1 is 1.33 bits per heavy atom. The van der Waals surface area contributed by atoms with Crippen LogP contribution in [0.5, 0.6) is 0 Å². The van der Waals surface area contributed by atoms with E-state index in [0.717, 1.165) is 18.6 Å². The van der Waals surface area contributed by atoms with Gasteiger partial charge in [0.05, 0.1) is 5.69 Å². The van der Waals surface area contributed by atoms with E-state index in [4.69, 9.17) is 5.73 Å². The van der Waals surface area contributed by atoms with Crippen LogP contribution in [-0.2, 0) is 0 Å². The number of thiocarbonyl (C=S) groups is 1. The van der Waals surface area contributed by atoms with Gasteiger partial charge in [0.25, 0.3) is 0 Å². The van der Waals surface area contributed by atoms with Crippen molar-refractivity contribution in [2.45, 2.75) is 12.8 Å². The summed E-state index contributed by atoms with van der Waals surface area (Å²) < 4.78 is 27.2. The van der Waals surface area contributed by atoms with Gasteiger partial charge in [-0.3, -0.25) is 0 Å². The average molecular weight is 290 g/mol. The molecule has 0 saturated heterocycles. The van der Waals surface area contributed by atoms with Crippen molar-refractivity contribution in [1.29, 1.82) is 0 Å². The number of thioether (sulfide) groups is 1. The second-order valence-electron chi connectivity index (χ2n) is 3.78. The molecule has 0 atom stereocenters. The van der Waals surface area contributed by atoms with E-state index < -0.39 is 11.6 Å². The van der Waals surface area contributed by atoms with E-state index >= 15 is 0 Å². The lowest BCUT2D eigenvalue weighted by molar-refractivity contribution is 0.509. The number of nitrogens with one attached hydrogen (secondary N) is 1. The van der Waals surface area contributed by atoms with E-state index in [2.05, 4.69) is 17.5 Å². The Balaban J connectivity index is 2.62. The van der Waals surface area contributed by atoms with E-state index in [9.17, 15) is 8.78 Å². The fourth-order valence-electron chi connectivity index (χ4n) is 1.47. The smallest absolute Gasteiger partial charge is 0.182 e. The standard InChI is InChI=1S/C12H16F2N2S2/c1-18-7-3-2-6-16-9-5-4-8(12(15)17)10(13)11(9)14/h4-5,16H,2-3,6-7H2,1H3,(H2,15,17). The molecule has 1 rings (SSSR count). The molecule has 6 heteroatoms. The number of hydrogen-bond donors (Lipinski definition) is 2. The van der Waals surface area contributed by atoms with Gasteiger partial charge in [-0.1, -0.05) is 12.2 Å². The monoisotopic (exact) mass is 290 g/mol. The third-order valence-corrected chi connectivity index (χ3v) is 3.36. The number of halogens is 2. The van der Waals surface area contributed by atoms with Gasteiger partial charge in [0.1, 0.15) is 4.99 Å². The van der Waals surface area contributed by atoms with Gasteiger partial charge in [-0.25, -0.2) is 8.78 Å². The average Bonchev–Trinajstić information content (AvgIpc) is 2.33. The molecular formula is C12H16F2N2S2. The molecule has 0 saturated carbocycles. The number of rotatable bonds is 7. The summed E-state index contributed by atoms with van der Waals surface area (Å²) in [6.45, 7) is 0.614. The topological polar surface area (TPSA) is 38.0 Å². The largest absolute Gasteiger partial charge is 0.389 e. The third-order valence-electron chi connectivity index (χ3n) is 2.44. The first-order chi connectivity index (χ1) is 8.57. The molecule has 0 aliphatic rings. The second-order valence-corrected chi connectivity index (χ2v) is 5.21. The summed E-state index contributed by atoms with van der Waals surface area (Å²) in [5.74, 6) is -0.847. The molecule has 0 aromatic heterocycles. The van der Waals surface area contributed by atoms with Crippen molar-refractivity contribution in [2.75, 3.05) is 23.9 Å². The highest BCUT2D eigenvalue weighted by Crippen LogP contribution is 2.20. The molecule has 0 fully saturated rings. The Morgan fingerprint density at radius 3 is 2.67 bits per heavy atom. The van der Waals surface area contributed by atoms with Crippen LogP contribution in [0.2, 0.25) is 0 Å². The van der Waals surface area contributed by atoms with E-state index in [-0.39, 0.29) is 16.2 Å². The van der Waals surface area contributed by atoms with Gasteiger partial charge in [0.2, 0.25) is 0 Å². The highest BCUT2D eigenvalue weighted by Gasteiger charge is 2.14. The Labute approximate surface area is 115 Å². The van der Waals surface area contributed by atoms with Crippen LogP contribution in [-0.4, -0.2) is 23.5 Å². The van der Waals surface area contributed by atoms with Gasteiger partial charge < -0.3 is 11.1 Å². The molecule has 1 aromatic carbocycles. The minimum atomic E-state index is -0.989. The fourth-order valence-corrected chi connectivity index (χ4v) is 2.12.